The monoisotopic (exact) mass is 404 g/mol. The number of anilines is 2. The number of methoxy groups -OCH3 is 1. The molecule has 1 atom stereocenters. The fourth-order valence-corrected chi connectivity index (χ4v) is 4.20. The molecule has 1 fully saturated rings. The number of rotatable bonds is 5. The van der Waals surface area contributed by atoms with E-state index in [1.54, 1.807) is 13.3 Å². The van der Waals surface area contributed by atoms with Gasteiger partial charge < -0.3 is 15.0 Å². The molecule has 0 aliphatic carbocycles. The number of para-hydroxylation sites is 2. The second-order valence-corrected chi connectivity index (χ2v) is 7.75. The van der Waals surface area contributed by atoms with Crippen LogP contribution in [0.15, 0.2) is 42.6 Å². The third-order valence-electron chi connectivity index (χ3n) is 5.83. The lowest BCUT2D eigenvalue weighted by molar-refractivity contribution is 0.0609. The molecular weight excluding hydrogens is 376 g/mol. The van der Waals surface area contributed by atoms with E-state index in [2.05, 4.69) is 22.2 Å². The van der Waals surface area contributed by atoms with E-state index in [9.17, 15) is 4.79 Å². The zero-order chi connectivity index (χ0) is 21.1. The summed E-state index contributed by atoms with van der Waals surface area (Å²) >= 11 is 0. The van der Waals surface area contributed by atoms with E-state index < -0.39 is 0 Å². The molecule has 1 aliphatic rings. The normalized spacial score (nSPS) is 16.5. The number of carbonyl (C=O) groups is 1. The van der Waals surface area contributed by atoms with Crippen molar-refractivity contribution in [1.82, 2.24) is 14.9 Å². The SMILES string of the molecule is CC[C@@H]1CCCCN1C(=O)c1cnc2nc(C)ccc2c1Nc1ccccc1OC. The first-order valence-corrected chi connectivity index (χ1v) is 10.6. The van der Waals surface area contributed by atoms with Crippen LogP contribution in [0.25, 0.3) is 11.0 Å². The van der Waals surface area contributed by atoms with Crippen LogP contribution in [0.4, 0.5) is 11.4 Å². The molecule has 0 radical (unpaired) electrons. The third-order valence-corrected chi connectivity index (χ3v) is 5.83. The lowest BCUT2D eigenvalue weighted by Crippen LogP contribution is -2.43. The average molecular weight is 405 g/mol. The zero-order valence-electron chi connectivity index (χ0n) is 17.8. The van der Waals surface area contributed by atoms with Crippen molar-refractivity contribution < 1.29 is 9.53 Å². The smallest absolute Gasteiger partial charge is 0.257 e. The van der Waals surface area contributed by atoms with E-state index in [0.29, 0.717) is 17.0 Å². The molecule has 1 aliphatic heterocycles. The van der Waals surface area contributed by atoms with E-state index >= 15 is 0 Å². The first kappa shape index (κ1) is 20.1. The molecule has 0 unspecified atom stereocenters. The molecule has 3 aromatic rings. The predicted octanol–water partition coefficient (Wildman–Crippen LogP) is 5.10. The molecule has 0 saturated carbocycles. The van der Waals surface area contributed by atoms with Gasteiger partial charge in [0.2, 0.25) is 0 Å². The number of pyridine rings is 2. The molecule has 156 valence electrons. The number of nitrogens with one attached hydrogen (secondary N) is 1. The maximum absolute atomic E-state index is 13.6. The number of likely N-dealkylation sites (tertiary alicyclic amines) is 1. The first-order chi connectivity index (χ1) is 14.6. The number of piperidine rings is 1. The summed E-state index contributed by atoms with van der Waals surface area (Å²) in [6.07, 6.45) is 5.89. The van der Waals surface area contributed by atoms with Gasteiger partial charge in [-0.3, -0.25) is 4.79 Å². The van der Waals surface area contributed by atoms with Crippen molar-refractivity contribution in [2.45, 2.75) is 45.6 Å². The lowest BCUT2D eigenvalue weighted by Gasteiger charge is -2.35. The minimum absolute atomic E-state index is 0.0222. The van der Waals surface area contributed by atoms with Gasteiger partial charge in [0, 0.05) is 29.9 Å². The Bertz CT molecular complexity index is 1070. The standard InChI is InChI=1S/C24H28N4O2/c1-4-17-9-7-8-14-28(17)24(29)19-15-25-23-18(13-12-16(2)26-23)22(19)27-20-10-5-6-11-21(20)30-3/h5-6,10-13,15,17H,4,7-9,14H2,1-3H3,(H,25,26,27)/t17-/m1/s1. The van der Waals surface area contributed by atoms with Gasteiger partial charge in [0.25, 0.3) is 5.91 Å². The molecule has 0 spiro atoms. The number of hydrogen-bond acceptors (Lipinski definition) is 5. The molecule has 2 aromatic heterocycles. The quantitative estimate of drug-likeness (QED) is 0.641. The van der Waals surface area contributed by atoms with Crippen molar-refractivity contribution in [3.8, 4) is 5.75 Å². The number of ether oxygens (including phenoxy) is 1. The number of fused-ring (bicyclic) bond motifs is 1. The van der Waals surface area contributed by atoms with Crippen LogP contribution in [-0.2, 0) is 0 Å². The second kappa shape index (κ2) is 8.69. The largest absolute Gasteiger partial charge is 0.495 e. The van der Waals surface area contributed by atoms with Gasteiger partial charge in [-0.2, -0.15) is 0 Å². The first-order valence-electron chi connectivity index (χ1n) is 10.6. The fourth-order valence-electron chi connectivity index (χ4n) is 4.20. The van der Waals surface area contributed by atoms with Crippen LogP contribution < -0.4 is 10.1 Å². The molecule has 1 amide bonds. The van der Waals surface area contributed by atoms with E-state index in [-0.39, 0.29) is 11.9 Å². The summed E-state index contributed by atoms with van der Waals surface area (Å²) in [5.74, 6) is 0.735. The lowest BCUT2D eigenvalue weighted by atomic mass is 9.98. The van der Waals surface area contributed by atoms with Crippen molar-refractivity contribution in [2.75, 3.05) is 19.0 Å². The molecule has 1 saturated heterocycles. The molecule has 1 N–H and O–H groups in total. The summed E-state index contributed by atoms with van der Waals surface area (Å²) in [7, 11) is 1.64. The fraction of sp³-hybridized carbons (Fsp3) is 0.375. The summed E-state index contributed by atoms with van der Waals surface area (Å²) in [5, 5.41) is 4.28. The summed E-state index contributed by atoms with van der Waals surface area (Å²) < 4.78 is 5.51. The van der Waals surface area contributed by atoms with Crippen molar-refractivity contribution in [3.05, 3.63) is 53.9 Å². The van der Waals surface area contributed by atoms with E-state index in [1.807, 2.05) is 48.2 Å². The topological polar surface area (TPSA) is 67.4 Å². The Morgan fingerprint density at radius 3 is 2.87 bits per heavy atom. The molecule has 1 aromatic carbocycles. The highest BCUT2D eigenvalue weighted by molar-refractivity contribution is 6.07. The second-order valence-electron chi connectivity index (χ2n) is 7.75. The molecule has 6 heteroatoms. The van der Waals surface area contributed by atoms with Gasteiger partial charge >= 0.3 is 0 Å². The zero-order valence-corrected chi connectivity index (χ0v) is 17.8. The molecule has 30 heavy (non-hydrogen) atoms. The Balaban J connectivity index is 1.84. The number of aromatic nitrogens is 2. The molecule has 3 heterocycles. The minimum atomic E-state index is 0.0222. The van der Waals surface area contributed by atoms with Crippen LogP contribution in [-0.4, -0.2) is 40.5 Å². The highest BCUT2D eigenvalue weighted by Crippen LogP contribution is 2.34. The van der Waals surface area contributed by atoms with Crippen molar-refractivity contribution in [3.63, 3.8) is 0 Å². The van der Waals surface area contributed by atoms with Crippen molar-refractivity contribution in [2.24, 2.45) is 0 Å². The Kier molecular flexibility index (Phi) is 5.84. The Morgan fingerprint density at radius 1 is 1.23 bits per heavy atom. The highest BCUT2D eigenvalue weighted by atomic mass is 16.5. The molecular formula is C24H28N4O2. The minimum Gasteiger partial charge on any atom is -0.495 e. The Hall–Kier alpha value is -3.15. The summed E-state index contributed by atoms with van der Waals surface area (Å²) in [6.45, 7) is 4.87. The van der Waals surface area contributed by atoms with Gasteiger partial charge in [0.1, 0.15) is 5.75 Å². The third kappa shape index (κ3) is 3.82. The average Bonchev–Trinajstić information content (AvgIpc) is 2.79. The van der Waals surface area contributed by atoms with E-state index in [1.165, 1.54) is 6.42 Å². The highest BCUT2D eigenvalue weighted by Gasteiger charge is 2.29. The maximum atomic E-state index is 13.6. The number of carbonyl (C=O) groups excluding carboxylic acids is 1. The number of nitrogens with zero attached hydrogens (tertiary/aromatic N) is 3. The number of aryl methyl sites for hydroxylation is 1. The van der Waals surface area contributed by atoms with Crippen LogP contribution >= 0.6 is 0 Å². The van der Waals surface area contributed by atoms with Crippen LogP contribution in [0.2, 0.25) is 0 Å². The van der Waals surface area contributed by atoms with Crippen molar-refractivity contribution in [1.29, 1.82) is 0 Å². The number of amides is 1. The van der Waals surface area contributed by atoms with Gasteiger partial charge in [-0.1, -0.05) is 19.1 Å². The van der Waals surface area contributed by atoms with Crippen LogP contribution in [0, 0.1) is 6.92 Å². The van der Waals surface area contributed by atoms with Crippen molar-refractivity contribution >= 4 is 28.3 Å². The van der Waals surface area contributed by atoms with Crippen LogP contribution in [0.5, 0.6) is 5.75 Å². The predicted molar refractivity (Wildman–Crippen MR) is 120 cm³/mol. The Labute approximate surface area is 177 Å². The summed E-state index contributed by atoms with van der Waals surface area (Å²) in [6, 6.07) is 11.9. The summed E-state index contributed by atoms with van der Waals surface area (Å²) in [5.41, 5.74) is 3.60. The van der Waals surface area contributed by atoms with E-state index in [0.717, 1.165) is 48.3 Å². The maximum Gasteiger partial charge on any atom is 0.257 e. The molecule has 4 rings (SSSR count). The van der Waals surface area contributed by atoms with Crippen LogP contribution in [0.3, 0.4) is 0 Å². The van der Waals surface area contributed by atoms with Gasteiger partial charge in [-0.15, -0.1) is 0 Å². The van der Waals surface area contributed by atoms with Crippen LogP contribution in [0.1, 0.15) is 48.7 Å². The Morgan fingerprint density at radius 2 is 2.07 bits per heavy atom. The molecule has 6 nitrogen and oxygen atoms in total. The van der Waals surface area contributed by atoms with Gasteiger partial charge in [-0.05, 0) is 56.9 Å². The molecule has 0 bridgehead atoms. The number of hydrogen-bond donors (Lipinski definition) is 1. The summed E-state index contributed by atoms with van der Waals surface area (Å²) in [4.78, 5) is 24.7. The van der Waals surface area contributed by atoms with Gasteiger partial charge in [-0.25, -0.2) is 9.97 Å². The number of benzene rings is 1. The van der Waals surface area contributed by atoms with Gasteiger partial charge in [0.15, 0.2) is 5.65 Å². The van der Waals surface area contributed by atoms with E-state index in [4.69, 9.17) is 4.74 Å². The van der Waals surface area contributed by atoms with Gasteiger partial charge in [0.05, 0.1) is 24.0 Å².